The molecule has 0 spiro atoms. The molecule has 2 saturated carbocycles. The highest BCUT2D eigenvalue weighted by atomic mass is 16.2. The zero-order valence-corrected chi connectivity index (χ0v) is 12.4. The molecule has 20 heavy (non-hydrogen) atoms. The monoisotopic (exact) mass is 271 g/mol. The summed E-state index contributed by atoms with van der Waals surface area (Å²) in [5, 5.41) is 3.12. The first-order chi connectivity index (χ1) is 9.74. The minimum atomic E-state index is 0.128. The molecule has 0 bridgehead atoms. The van der Waals surface area contributed by atoms with E-state index in [2.05, 4.69) is 36.5 Å². The van der Waals surface area contributed by atoms with Crippen LogP contribution in [-0.2, 0) is 4.79 Å². The molecule has 2 aliphatic carbocycles. The number of benzene rings is 1. The molecule has 108 valence electrons. The van der Waals surface area contributed by atoms with Crippen molar-refractivity contribution in [2.75, 3.05) is 0 Å². The van der Waals surface area contributed by atoms with Crippen LogP contribution in [0.3, 0.4) is 0 Å². The molecule has 1 aromatic carbocycles. The van der Waals surface area contributed by atoms with Gasteiger partial charge in [-0.1, -0.05) is 43.5 Å². The van der Waals surface area contributed by atoms with Crippen molar-refractivity contribution in [3.8, 4) is 0 Å². The Bertz CT molecular complexity index is 455. The van der Waals surface area contributed by atoms with Gasteiger partial charge < -0.3 is 5.32 Å². The Kier molecular flexibility index (Phi) is 4.09. The largest absolute Gasteiger partial charge is 0.349 e. The van der Waals surface area contributed by atoms with Crippen LogP contribution in [0.15, 0.2) is 24.3 Å². The number of carbonyl (C=O) groups is 1. The smallest absolute Gasteiger partial charge is 0.223 e. The summed E-state index contributed by atoms with van der Waals surface area (Å²) in [5.74, 6) is 1.28. The van der Waals surface area contributed by atoms with E-state index in [1.807, 2.05) is 0 Å². The molecular weight excluding hydrogens is 246 g/mol. The van der Waals surface area contributed by atoms with E-state index >= 15 is 0 Å². The number of rotatable bonds is 4. The van der Waals surface area contributed by atoms with E-state index in [9.17, 15) is 4.79 Å². The molecule has 1 N–H and O–H groups in total. The molecule has 2 heteroatoms. The first-order valence-electron chi connectivity index (χ1n) is 8.14. The fourth-order valence-electron chi connectivity index (χ4n) is 3.25. The van der Waals surface area contributed by atoms with Crippen LogP contribution in [0.5, 0.6) is 0 Å². The Balaban J connectivity index is 1.60. The van der Waals surface area contributed by atoms with Crippen molar-refractivity contribution in [1.29, 1.82) is 0 Å². The van der Waals surface area contributed by atoms with E-state index in [0.29, 0.717) is 5.92 Å². The van der Waals surface area contributed by atoms with E-state index < -0.39 is 0 Å². The highest BCUT2D eigenvalue weighted by Gasteiger charge is 2.30. The van der Waals surface area contributed by atoms with Crippen molar-refractivity contribution in [3.05, 3.63) is 35.4 Å². The third-order valence-electron chi connectivity index (χ3n) is 4.82. The van der Waals surface area contributed by atoms with Gasteiger partial charge in [-0.15, -0.1) is 0 Å². The number of carbonyl (C=O) groups excluding carboxylic acids is 1. The first-order valence-corrected chi connectivity index (χ1v) is 8.14. The topological polar surface area (TPSA) is 29.1 Å². The maximum atomic E-state index is 11.8. The Morgan fingerprint density at radius 1 is 1.05 bits per heavy atom. The third kappa shape index (κ3) is 3.23. The van der Waals surface area contributed by atoms with Crippen molar-refractivity contribution >= 4 is 5.91 Å². The molecule has 0 radical (unpaired) electrons. The summed E-state index contributed by atoms with van der Waals surface area (Å²) in [6, 6.07) is 9.06. The fraction of sp³-hybridized carbons (Fsp3) is 0.611. The van der Waals surface area contributed by atoms with Gasteiger partial charge in [0.2, 0.25) is 5.91 Å². The zero-order chi connectivity index (χ0) is 13.9. The summed E-state index contributed by atoms with van der Waals surface area (Å²) in [7, 11) is 0. The van der Waals surface area contributed by atoms with Crippen LogP contribution in [0, 0.1) is 5.92 Å². The zero-order valence-electron chi connectivity index (χ0n) is 12.4. The molecule has 0 unspecified atom stereocenters. The Hall–Kier alpha value is -1.31. The second kappa shape index (κ2) is 5.99. The van der Waals surface area contributed by atoms with Crippen LogP contribution in [0.4, 0.5) is 0 Å². The lowest BCUT2D eigenvalue weighted by Gasteiger charge is -2.22. The van der Waals surface area contributed by atoms with Crippen LogP contribution in [-0.4, -0.2) is 5.91 Å². The Labute approximate surface area is 122 Å². The lowest BCUT2D eigenvalue weighted by atomic mass is 9.84. The predicted molar refractivity (Wildman–Crippen MR) is 81.5 cm³/mol. The van der Waals surface area contributed by atoms with Gasteiger partial charge in [-0.3, -0.25) is 4.79 Å². The third-order valence-corrected chi connectivity index (χ3v) is 4.82. The van der Waals surface area contributed by atoms with Gasteiger partial charge in [-0.2, -0.15) is 0 Å². The van der Waals surface area contributed by atoms with Gasteiger partial charge >= 0.3 is 0 Å². The minimum absolute atomic E-state index is 0.128. The van der Waals surface area contributed by atoms with Gasteiger partial charge in [0.1, 0.15) is 0 Å². The average molecular weight is 271 g/mol. The molecule has 1 aromatic rings. The Morgan fingerprint density at radius 2 is 1.70 bits per heavy atom. The van der Waals surface area contributed by atoms with Crippen molar-refractivity contribution in [2.45, 2.75) is 63.8 Å². The van der Waals surface area contributed by atoms with Gasteiger partial charge in [-0.25, -0.2) is 0 Å². The summed E-state index contributed by atoms with van der Waals surface area (Å²) in [5.41, 5.74) is 2.70. The average Bonchev–Trinajstić information content (AvgIpc) is 3.33. The number of amides is 1. The van der Waals surface area contributed by atoms with Crippen molar-refractivity contribution in [3.63, 3.8) is 0 Å². The second-order valence-electron chi connectivity index (χ2n) is 6.51. The molecule has 0 aliphatic heterocycles. The van der Waals surface area contributed by atoms with Crippen LogP contribution < -0.4 is 5.32 Å². The van der Waals surface area contributed by atoms with Crippen LogP contribution >= 0.6 is 0 Å². The number of hydrogen-bond acceptors (Lipinski definition) is 1. The predicted octanol–water partition coefficient (Wildman–Crippen LogP) is 4.32. The van der Waals surface area contributed by atoms with E-state index in [4.69, 9.17) is 0 Å². The first kappa shape index (κ1) is 13.7. The molecule has 0 aromatic heterocycles. The molecule has 2 nitrogen and oxygen atoms in total. The quantitative estimate of drug-likeness (QED) is 0.868. The highest BCUT2D eigenvalue weighted by Crippen LogP contribution is 2.33. The van der Waals surface area contributed by atoms with Crippen LogP contribution in [0.2, 0.25) is 0 Å². The van der Waals surface area contributed by atoms with Gasteiger partial charge in [0, 0.05) is 5.92 Å². The van der Waals surface area contributed by atoms with Crippen molar-refractivity contribution in [1.82, 2.24) is 5.32 Å². The van der Waals surface area contributed by atoms with Gasteiger partial charge in [0.25, 0.3) is 0 Å². The summed E-state index contributed by atoms with van der Waals surface area (Å²) < 4.78 is 0. The van der Waals surface area contributed by atoms with Gasteiger partial charge in [0.05, 0.1) is 6.04 Å². The Morgan fingerprint density at radius 3 is 2.30 bits per heavy atom. The number of nitrogens with one attached hydrogen (secondary N) is 1. The maximum Gasteiger partial charge on any atom is 0.223 e. The van der Waals surface area contributed by atoms with E-state index in [-0.39, 0.29) is 11.9 Å². The molecule has 2 fully saturated rings. The summed E-state index contributed by atoms with van der Waals surface area (Å²) >= 11 is 0. The van der Waals surface area contributed by atoms with Crippen molar-refractivity contribution in [2.24, 2.45) is 5.92 Å². The normalized spacial score (nSPS) is 21.4. The summed E-state index contributed by atoms with van der Waals surface area (Å²) in [4.78, 5) is 11.8. The second-order valence-corrected chi connectivity index (χ2v) is 6.51. The standard InChI is InChI=1S/C18H25NO/c1-13(19-18(20)17-11-12-17)14-7-9-16(10-8-14)15-5-3-2-4-6-15/h7-10,13,15,17H,2-6,11-12H2,1H3,(H,19,20)/t13-/m0/s1. The van der Waals surface area contributed by atoms with Crippen LogP contribution in [0.25, 0.3) is 0 Å². The van der Waals surface area contributed by atoms with E-state index in [0.717, 1.165) is 18.8 Å². The number of hydrogen-bond donors (Lipinski definition) is 1. The lowest BCUT2D eigenvalue weighted by molar-refractivity contribution is -0.122. The summed E-state index contributed by atoms with van der Waals surface area (Å²) in [6.07, 6.45) is 8.97. The summed E-state index contributed by atoms with van der Waals surface area (Å²) in [6.45, 7) is 2.08. The maximum absolute atomic E-state index is 11.8. The lowest BCUT2D eigenvalue weighted by Crippen LogP contribution is -2.27. The van der Waals surface area contributed by atoms with Crippen LogP contribution in [0.1, 0.15) is 75.0 Å². The highest BCUT2D eigenvalue weighted by molar-refractivity contribution is 5.81. The molecule has 1 atom stereocenters. The molecule has 0 saturated heterocycles. The molecule has 2 aliphatic rings. The molecule has 0 heterocycles. The van der Waals surface area contributed by atoms with Gasteiger partial charge in [0.15, 0.2) is 0 Å². The fourth-order valence-corrected chi connectivity index (χ4v) is 3.25. The molecule has 3 rings (SSSR count). The van der Waals surface area contributed by atoms with Gasteiger partial charge in [-0.05, 0) is 49.7 Å². The molecule has 1 amide bonds. The van der Waals surface area contributed by atoms with E-state index in [1.165, 1.54) is 43.2 Å². The van der Waals surface area contributed by atoms with Crippen molar-refractivity contribution < 1.29 is 4.79 Å². The minimum Gasteiger partial charge on any atom is -0.349 e. The van der Waals surface area contributed by atoms with E-state index in [1.54, 1.807) is 0 Å². The molecular formula is C18H25NO. The SMILES string of the molecule is C[C@H](NC(=O)C1CC1)c1ccc(C2CCCCC2)cc1.